The predicted molar refractivity (Wildman–Crippen MR) is 87.6 cm³/mol. The Kier molecular flexibility index (Phi) is 5.25. The number of nitrogens with one attached hydrogen (secondary N) is 1. The summed E-state index contributed by atoms with van der Waals surface area (Å²) in [5.41, 5.74) is 0.462. The minimum Gasteiger partial charge on any atom is -0.460 e. The fourth-order valence-corrected chi connectivity index (χ4v) is 2.80. The van der Waals surface area contributed by atoms with Gasteiger partial charge in [-0.15, -0.1) is 0 Å². The van der Waals surface area contributed by atoms with E-state index in [9.17, 15) is 9.18 Å². The molecule has 7 heteroatoms. The van der Waals surface area contributed by atoms with E-state index in [2.05, 4.69) is 15.3 Å². The summed E-state index contributed by atoms with van der Waals surface area (Å²) in [5.74, 6) is -0.533. The van der Waals surface area contributed by atoms with Gasteiger partial charge in [0, 0.05) is 11.6 Å². The average Bonchev–Trinajstić information content (AvgIpc) is 2.59. The second-order valence-electron chi connectivity index (χ2n) is 5.76. The first kappa shape index (κ1) is 16.6. The monoisotopic (exact) mass is 349 g/mol. The van der Waals surface area contributed by atoms with Crippen LogP contribution >= 0.6 is 11.6 Å². The van der Waals surface area contributed by atoms with Crippen molar-refractivity contribution in [3.8, 4) is 6.01 Å². The number of amides is 1. The molecule has 1 heterocycles. The van der Waals surface area contributed by atoms with Crippen LogP contribution in [0.2, 0.25) is 5.02 Å². The zero-order chi connectivity index (χ0) is 16.9. The smallest absolute Gasteiger partial charge is 0.316 e. The van der Waals surface area contributed by atoms with Gasteiger partial charge in [0.05, 0.1) is 17.4 Å². The summed E-state index contributed by atoms with van der Waals surface area (Å²) in [6.07, 6.45) is 6.26. The van der Waals surface area contributed by atoms with Crippen molar-refractivity contribution in [3.05, 3.63) is 53.1 Å². The van der Waals surface area contributed by atoms with Crippen LogP contribution in [0.25, 0.3) is 0 Å². The number of aromatic nitrogens is 2. The maximum Gasteiger partial charge on any atom is 0.316 e. The van der Waals surface area contributed by atoms with Gasteiger partial charge in [0.25, 0.3) is 5.91 Å². The molecule has 0 atom stereocenters. The molecule has 1 aliphatic rings. The first-order valence-corrected chi connectivity index (χ1v) is 8.18. The Hall–Kier alpha value is -2.21. The zero-order valence-electron chi connectivity index (χ0n) is 12.9. The lowest BCUT2D eigenvalue weighted by atomic mass is 9.92. The summed E-state index contributed by atoms with van der Waals surface area (Å²) in [5, 5.41) is 3.45. The molecular weight excluding hydrogens is 333 g/mol. The Morgan fingerprint density at radius 2 is 1.75 bits per heavy atom. The van der Waals surface area contributed by atoms with Crippen molar-refractivity contribution in [1.82, 2.24) is 15.3 Å². The molecule has 2 aromatic rings. The Balaban J connectivity index is 1.47. The first-order chi connectivity index (χ1) is 11.6. The van der Waals surface area contributed by atoms with Gasteiger partial charge in [0.15, 0.2) is 0 Å². The van der Waals surface area contributed by atoms with Crippen molar-refractivity contribution in [2.24, 2.45) is 0 Å². The fourth-order valence-electron chi connectivity index (χ4n) is 2.71. The van der Waals surface area contributed by atoms with Crippen LogP contribution in [-0.4, -0.2) is 28.0 Å². The molecule has 1 aliphatic carbocycles. The topological polar surface area (TPSA) is 64.1 Å². The third-order valence-electron chi connectivity index (χ3n) is 3.98. The fraction of sp³-hybridized carbons (Fsp3) is 0.353. The molecule has 0 bridgehead atoms. The number of nitrogens with zero attached hydrogens (tertiary/aromatic N) is 2. The van der Waals surface area contributed by atoms with Gasteiger partial charge >= 0.3 is 6.01 Å². The molecule has 1 saturated carbocycles. The quantitative estimate of drug-likeness (QED) is 0.919. The largest absolute Gasteiger partial charge is 0.460 e. The molecule has 126 valence electrons. The van der Waals surface area contributed by atoms with Crippen LogP contribution < -0.4 is 10.1 Å². The van der Waals surface area contributed by atoms with Crippen LogP contribution in [0.3, 0.4) is 0 Å². The maximum atomic E-state index is 12.9. The molecule has 0 radical (unpaired) electrons. The van der Waals surface area contributed by atoms with E-state index in [0.29, 0.717) is 16.6 Å². The number of hydrogen-bond donors (Lipinski definition) is 1. The maximum absolute atomic E-state index is 12.9. The summed E-state index contributed by atoms with van der Waals surface area (Å²) in [6, 6.07) is 5.94. The molecule has 1 aromatic heterocycles. The van der Waals surface area contributed by atoms with Crippen molar-refractivity contribution < 1.29 is 13.9 Å². The van der Waals surface area contributed by atoms with Gasteiger partial charge in [-0.2, -0.15) is 0 Å². The van der Waals surface area contributed by atoms with E-state index >= 15 is 0 Å². The molecule has 1 fully saturated rings. The van der Waals surface area contributed by atoms with Crippen molar-refractivity contribution in [2.75, 3.05) is 0 Å². The highest BCUT2D eigenvalue weighted by Crippen LogP contribution is 2.22. The van der Waals surface area contributed by atoms with E-state index in [1.807, 2.05) is 0 Å². The highest BCUT2D eigenvalue weighted by Gasteiger charge is 2.24. The van der Waals surface area contributed by atoms with Gasteiger partial charge < -0.3 is 10.1 Å². The lowest BCUT2D eigenvalue weighted by Crippen LogP contribution is -2.39. The predicted octanol–water partition coefficient (Wildman–Crippen LogP) is 3.39. The van der Waals surface area contributed by atoms with E-state index < -0.39 is 0 Å². The van der Waals surface area contributed by atoms with E-state index in [4.69, 9.17) is 16.3 Å². The van der Waals surface area contributed by atoms with Gasteiger partial charge in [-0.25, -0.2) is 14.4 Å². The Bertz CT molecular complexity index is 686. The van der Waals surface area contributed by atoms with Crippen LogP contribution in [0.4, 0.5) is 4.39 Å². The van der Waals surface area contributed by atoms with Crippen LogP contribution in [0.1, 0.15) is 36.0 Å². The zero-order valence-corrected chi connectivity index (χ0v) is 13.7. The third kappa shape index (κ3) is 4.41. The molecule has 0 saturated heterocycles. The standard InChI is InChI=1S/C17H17ClFN3O2/c18-12-9-20-17(21-10-12)24-15-7-5-14(6-8-15)22-16(23)11-1-3-13(19)4-2-11/h1-4,9-10,14-15H,5-8H2,(H,22,23). The second kappa shape index (κ2) is 7.57. The summed E-state index contributed by atoms with van der Waals surface area (Å²) >= 11 is 5.74. The van der Waals surface area contributed by atoms with Crippen molar-refractivity contribution >= 4 is 17.5 Å². The average molecular weight is 350 g/mol. The van der Waals surface area contributed by atoms with Crippen LogP contribution in [-0.2, 0) is 0 Å². The van der Waals surface area contributed by atoms with Crippen molar-refractivity contribution in [3.63, 3.8) is 0 Å². The molecule has 1 N–H and O–H groups in total. The molecule has 1 amide bonds. The molecule has 0 unspecified atom stereocenters. The molecule has 24 heavy (non-hydrogen) atoms. The summed E-state index contributed by atoms with van der Waals surface area (Å²) in [4.78, 5) is 20.2. The number of halogens is 2. The Morgan fingerprint density at radius 3 is 2.38 bits per heavy atom. The van der Waals surface area contributed by atoms with Crippen LogP contribution in [0, 0.1) is 5.82 Å². The molecule has 1 aromatic carbocycles. The Morgan fingerprint density at radius 1 is 1.12 bits per heavy atom. The lowest BCUT2D eigenvalue weighted by molar-refractivity contribution is 0.0885. The highest BCUT2D eigenvalue weighted by molar-refractivity contribution is 6.30. The van der Waals surface area contributed by atoms with Gasteiger partial charge in [-0.05, 0) is 49.9 Å². The van der Waals surface area contributed by atoms with Crippen LogP contribution in [0.5, 0.6) is 6.01 Å². The second-order valence-corrected chi connectivity index (χ2v) is 6.19. The normalized spacial score (nSPS) is 20.4. The third-order valence-corrected chi connectivity index (χ3v) is 4.18. The van der Waals surface area contributed by atoms with Gasteiger partial charge in [-0.1, -0.05) is 11.6 Å². The van der Waals surface area contributed by atoms with Crippen molar-refractivity contribution in [1.29, 1.82) is 0 Å². The Labute approximate surface area is 144 Å². The van der Waals surface area contributed by atoms with E-state index in [1.165, 1.54) is 36.7 Å². The van der Waals surface area contributed by atoms with Gasteiger partial charge in [0.1, 0.15) is 11.9 Å². The SMILES string of the molecule is O=C(NC1CCC(Oc2ncc(Cl)cn2)CC1)c1ccc(F)cc1. The number of rotatable bonds is 4. The number of hydrogen-bond acceptors (Lipinski definition) is 4. The summed E-state index contributed by atoms with van der Waals surface area (Å²) in [6.45, 7) is 0. The number of benzene rings is 1. The molecule has 3 rings (SSSR count). The summed E-state index contributed by atoms with van der Waals surface area (Å²) in [7, 11) is 0. The molecule has 0 aliphatic heterocycles. The minimum atomic E-state index is -0.353. The van der Waals surface area contributed by atoms with E-state index in [0.717, 1.165) is 25.7 Å². The molecule has 0 spiro atoms. The number of ether oxygens (including phenoxy) is 1. The number of carbonyl (C=O) groups is 1. The van der Waals surface area contributed by atoms with E-state index in [-0.39, 0.29) is 23.9 Å². The lowest BCUT2D eigenvalue weighted by Gasteiger charge is -2.28. The van der Waals surface area contributed by atoms with E-state index in [1.54, 1.807) is 0 Å². The number of carbonyl (C=O) groups excluding carboxylic acids is 1. The molecular formula is C17H17ClFN3O2. The summed E-state index contributed by atoms with van der Waals surface area (Å²) < 4.78 is 18.6. The molecule has 5 nitrogen and oxygen atoms in total. The van der Waals surface area contributed by atoms with Crippen LogP contribution in [0.15, 0.2) is 36.7 Å². The van der Waals surface area contributed by atoms with Gasteiger partial charge in [-0.3, -0.25) is 4.79 Å². The van der Waals surface area contributed by atoms with Gasteiger partial charge in [0.2, 0.25) is 0 Å². The first-order valence-electron chi connectivity index (χ1n) is 7.81. The minimum absolute atomic E-state index is 0.0325. The highest BCUT2D eigenvalue weighted by atomic mass is 35.5. The van der Waals surface area contributed by atoms with Crippen molar-refractivity contribution in [2.45, 2.75) is 37.8 Å².